The maximum absolute atomic E-state index is 12.4. The largest absolute Gasteiger partial charge is 0.489 e. The van der Waals surface area contributed by atoms with Gasteiger partial charge in [-0.15, -0.1) is 0 Å². The zero-order chi connectivity index (χ0) is 17.6. The number of hydrogen-bond donors (Lipinski definition) is 2. The van der Waals surface area contributed by atoms with Crippen molar-refractivity contribution in [3.63, 3.8) is 0 Å². The maximum Gasteiger partial charge on any atom is 0.317 e. The molecule has 1 aromatic carbocycles. The first-order chi connectivity index (χ1) is 12.1. The lowest BCUT2D eigenvalue weighted by molar-refractivity contribution is 0.168. The van der Waals surface area contributed by atoms with Gasteiger partial charge in [0.25, 0.3) is 0 Å². The van der Waals surface area contributed by atoms with E-state index < -0.39 is 0 Å². The van der Waals surface area contributed by atoms with Crippen molar-refractivity contribution in [1.29, 1.82) is 0 Å². The number of likely N-dealkylation sites (tertiary alicyclic amines) is 1. The summed E-state index contributed by atoms with van der Waals surface area (Å²) < 4.78 is 5.84. The molecular weight excluding hydrogens is 316 g/mol. The Morgan fingerprint density at radius 2 is 2.24 bits per heavy atom. The lowest BCUT2D eigenvalue weighted by Crippen LogP contribution is -2.47. The number of nitrogens with one attached hydrogen (secondary N) is 2. The lowest BCUT2D eigenvalue weighted by atomic mass is 9.98. The Hall–Kier alpha value is -2.50. The molecular formula is C19H26N4O2. The number of aryl methyl sites for hydroxylation is 1. The first kappa shape index (κ1) is 17.3. The number of H-pyrrole nitrogens is 1. The normalized spacial score (nSPS) is 18.6. The second-order valence-electron chi connectivity index (χ2n) is 6.69. The molecule has 0 unspecified atom stereocenters. The first-order valence-corrected chi connectivity index (χ1v) is 8.87. The molecule has 2 atom stereocenters. The summed E-state index contributed by atoms with van der Waals surface area (Å²) in [6.45, 7) is 5.97. The summed E-state index contributed by atoms with van der Waals surface area (Å²) in [5.41, 5.74) is 1.20. The molecule has 1 fully saturated rings. The Kier molecular flexibility index (Phi) is 5.58. The van der Waals surface area contributed by atoms with Gasteiger partial charge in [-0.25, -0.2) is 9.78 Å². The molecule has 134 valence electrons. The van der Waals surface area contributed by atoms with E-state index in [2.05, 4.69) is 15.3 Å². The SMILES string of the molecule is Cc1ccc(O[C@H](C)CNC(=O)N2CCC[C@H](c3ncc[nH]3)C2)cc1. The van der Waals surface area contributed by atoms with Crippen LogP contribution in [0.25, 0.3) is 0 Å². The molecule has 2 amide bonds. The van der Waals surface area contributed by atoms with Crippen LogP contribution >= 0.6 is 0 Å². The van der Waals surface area contributed by atoms with Gasteiger partial charge >= 0.3 is 6.03 Å². The van der Waals surface area contributed by atoms with Crippen molar-refractivity contribution in [3.05, 3.63) is 48.0 Å². The van der Waals surface area contributed by atoms with E-state index >= 15 is 0 Å². The Bertz CT molecular complexity index is 669. The molecule has 0 radical (unpaired) electrons. The van der Waals surface area contributed by atoms with E-state index in [0.29, 0.717) is 13.1 Å². The Balaban J connectivity index is 1.46. The zero-order valence-electron chi connectivity index (χ0n) is 14.9. The number of amides is 2. The van der Waals surface area contributed by atoms with Crippen molar-refractivity contribution < 1.29 is 9.53 Å². The summed E-state index contributed by atoms with van der Waals surface area (Å²) in [6.07, 6.45) is 5.56. The number of rotatable bonds is 5. The zero-order valence-corrected chi connectivity index (χ0v) is 14.9. The second-order valence-corrected chi connectivity index (χ2v) is 6.69. The van der Waals surface area contributed by atoms with Gasteiger partial charge in [0, 0.05) is 31.4 Å². The molecule has 0 spiro atoms. The molecule has 6 nitrogen and oxygen atoms in total. The third-order valence-electron chi connectivity index (χ3n) is 4.51. The maximum atomic E-state index is 12.4. The molecule has 0 bridgehead atoms. The fraction of sp³-hybridized carbons (Fsp3) is 0.474. The van der Waals surface area contributed by atoms with Crippen LogP contribution in [0.2, 0.25) is 0 Å². The van der Waals surface area contributed by atoms with Crippen LogP contribution in [0.5, 0.6) is 5.75 Å². The fourth-order valence-corrected chi connectivity index (χ4v) is 3.12. The Morgan fingerprint density at radius 1 is 1.44 bits per heavy atom. The fourth-order valence-electron chi connectivity index (χ4n) is 3.12. The average molecular weight is 342 g/mol. The lowest BCUT2D eigenvalue weighted by Gasteiger charge is -2.32. The molecule has 2 heterocycles. The van der Waals surface area contributed by atoms with Gasteiger partial charge in [-0.2, -0.15) is 0 Å². The number of nitrogens with zero attached hydrogens (tertiary/aromatic N) is 2. The van der Waals surface area contributed by atoms with Crippen LogP contribution in [0.3, 0.4) is 0 Å². The van der Waals surface area contributed by atoms with Crippen molar-refractivity contribution in [2.24, 2.45) is 0 Å². The van der Waals surface area contributed by atoms with E-state index in [0.717, 1.165) is 31.0 Å². The number of carbonyl (C=O) groups is 1. The first-order valence-electron chi connectivity index (χ1n) is 8.87. The molecule has 0 saturated carbocycles. The third kappa shape index (κ3) is 4.75. The van der Waals surface area contributed by atoms with E-state index in [9.17, 15) is 4.79 Å². The number of carbonyl (C=O) groups excluding carboxylic acids is 1. The molecule has 6 heteroatoms. The van der Waals surface area contributed by atoms with Gasteiger partial charge in [0.05, 0.1) is 6.54 Å². The monoisotopic (exact) mass is 342 g/mol. The summed E-state index contributed by atoms with van der Waals surface area (Å²) in [4.78, 5) is 21.8. The second kappa shape index (κ2) is 8.05. The van der Waals surface area contributed by atoms with Crippen molar-refractivity contribution in [2.45, 2.75) is 38.7 Å². The number of aromatic nitrogens is 2. The quantitative estimate of drug-likeness (QED) is 0.877. The summed E-state index contributed by atoms with van der Waals surface area (Å²) in [5.74, 6) is 2.08. The summed E-state index contributed by atoms with van der Waals surface area (Å²) in [7, 11) is 0. The van der Waals surface area contributed by atoms with E-state index in [1.54, 1.807) is 6.20 Å². The van der Waals surface area contributed by atoms with E-state index in [4.69, 9.17) is 4.74 Å². The van der Waals surface area contributed by atoms with Crippen molar-refractivity contribution >= 4 is 6.03 Å². The van der Waals surface area contributed by atoms with Crippen LogP contribution in [0.1, 0.15) is 37.1 Å². The number of benzene rings is 1. The summed E-state index contributed by atoms with van der Waals surface area (Å²) in [6, 6.07) is 7.90. The van der Waals surface area contributed by atoms with Gasteiger partial charge in [0.15, 0.2) is 0 Å². The van der Waals surface area contributed by atoms with E-state index in [-0.39, 0.29) is 18.1 Å². The number of piperidine rings is 1. The minimum absolute atomic E-state index is 0.0318. The molecule has 1 aromatic heterocycles. The molecule has 1 aliphatic heterocycles. The minimum Gasteiger partial charge on any atom is -0.489 e. The molecule has 1 aliphatic rings. The number of urea groups is 1. The standard InChI is InChI=1S/C19H26N4O2/c1-14-5-7-17(8-6-14)25-15(2)12-22-19(24)23-11-3-4-16(13-23)18-20-9-10-21-18/h5-10,15-16H,3-4,11-13H2,1-2H3,(H,20,21)(H,22,24)/t15-,16+/m1/s1. The molecule has 2 aromatic rings. The highest BCUT2D eigenvalue weighted by atomic mass is 16.5. The van der Waals surface area contributed by atoms with Gasteiger partial charge in [-0.05, 0) is 38.8 Å². The highest BCUT2D eigenvalue weighted by Crippen LogP contribution is 2.24. The van der Waals surface area contributed by atoms with Crippen LogP contribution in [-0.4, -0.2) is 46.6 Å². The summed E-state index contributed by atoms with van der Waals surface area (Å²) >= 11 is 0. The predicted octanol–water partition coefficient (Wildman–Crippen LogP) is 3.07. The highest BCUT2D eigenvalue weighted by Gasteiger charge is 2.26. The van der Waals surface area contributed by atoms with Gasteiger partial charge in [0.2, 0.25) is 0 Å². The van der Waals surface area contributed by atoms with Gasteiger partial charge < -0.3 is 19.9 Å². The van der Waals surface area contributed by atoms with Crippen molar-refractivity contribution in [1.82, 2.24) is 20.2 Å². The van der Waals surface area contributed by atoms with E-state index in [1.807, 2.05) is 49.2 Å². The Morgan fingerprint density at radius 3 is 2.96 bits per heavy atom. The highest BCUT2D eigenvalue weighted by molar-refractivity contribution is 5.74. The minimum atomic E-state index is -0.0858. The van der Waals surface area contributed by atoms with Crippen molar-refractivity contribution in [3.8, 4) is 5.75 Å². The van der Waals surface area contributed by atoms with Crippen LogP contribution in [-0.2, 0) is 0 Å². The van der Waals surface area contributed by atoms with Crippen LogP contribution in [0, 0.1) is 6.92 Å². The number of aromatic amines is 1. The smallest absolute Gasteiger partial charge is 0.317 e. The molecule has 0 aliphatic carbocycles. The van der Waals surface area contributed by atoms with Gasteiger partial charge in [-0.3, -0.25) is 0 Å². The predicted molar refractivity (Wildman–Crippen MR) is 96.8 cm³/mol. The van der Waals surface area contributed by atoms with Crippen LogP contribution < -0.4 is 10.1 Å². The number of ether oxygens (including phenoxy) is 1. The van der Waals surface area contributed by atoms with Gasteiger partial charge in [-0.1, -0.05) is 17.7 Å². The van der Waals surface area contributed by atoms with Gasteiger partial charge in [0.1, 0.15) is 17.7 Å². The summed E-state index contributed by atoms with van der Waals surface area (Å²) in [5, 5.41) is 2.98. The van der Waals surface area contributed by atoms with Crippen LogP contribution in [0.4, 0.5) is 4.79 Å². The number of hydrogen-bond acceptors (Lipinski definition) is 3. The molecule has 2 N–H and O–H groups in total. The average Bonchev–Trinajstić information content (AvgIpc) is 3.16. The molecule has 3 rings (SSSR count). The van der Waals surface area contributed by atoms with Crippen LogP contribution in [0.15, 0.2) is 36.7 Å². The number of imidazole rings is 1. The topological polar surface area (TPSA) is 70.2 Å². The molecule has 25 heavy (non-hydrogen) atoms. The Labute approximate surface area is 148 Å². The third-order valence-corrected chi connectivity index (χ3v) is 4.51. The van der Waals surface area contributed by atoms with E-state index in [1.165, 1.54) is 5.56 Å². The molecule has 1 saturated heterocycles. The van der Waals surface area contributed by atoms with Crippen molar-refractivity contribution in [2.75, 3.05) is 19.6 Å².